The Balaban J connectivity index is 0.00000261. The summed E-state index contributed by atoms with van der Waals surface area (Å²) in [5.41, 5.74) is 1.18. The monoisotopic (exact) mass is 487 g/mol. The van der Waals surface area contributed by atoms with Gasteiger partial charge in [0, 0.05) is 57.2 Å². The molecule has 2 fully saturated rings. The number of carbonyl (C=O) groups is 1. The number of carbonyl (C=O) groups excluding carboxylic acids is 1. The molecule has 0 radical (unpaired) electrons. The molecule has 0 saturated carbocycles. The topological polar surface area (TPSA) is 99.9 Å². The number of aliphatic imine (C=N–C) groups is 1. The molecule has 27 heavy (non-hydrogen) atoms. The third kappa shape index (κ3) is 5.30. The summed E-state index contributed by atoms with van der Waals surface area (Å²) in [7, 11) is 1.77. The molecule has 2 heterocycles. The van der Waals surface area contributed by atoms with E-state index < -0.39 is 4.92 Å². The lowest BCUT2D eigenvalue weighted by atomic mass is 9.79. The van der Waals surface area contributed by atoms with Gasteiger partial charge in [0.2, 0.25) is 5.91 Å². The van der Waals surface area contributed by atoms with Crippen LogP contribution in [0.2, 0.25) is 0 Å². The van der Waals surface area contributed by atoms with E-state index in [1.54, 1.807) is 19.2 Å². The Morgan fingerprint density at radius 2 is 2.15 bits per heavy atom. The van der Waals surface area contributed by atoms with E-state index in [0.29, 0.717) is 13.0 Å². The van der Waals surface area contributed by atoms with Gasteiger partial charge >= 0.3 is 0 Å². The van der Waals surface area contributed by atoms with Crippen LogP contribution in [-0.2, 0) is 11.2 Å². The van der Waals surface area contributed by atoms with Crippen molar-refractivity contribution in [2.24, 2.45) is 10.4 Å². The van der Waals surface area contributed by atoms with Crippen molar-refractivity contribution in [3.8, 4) is 0 Å². The van der Waals surface area contributed by atoms with E-state index >= 15 is 0 Å². The van der Waals surface area contributed by atoms with Crippen molar-refractivity contribution in [3.63, 3.8) is 0 Å². The lowest BCUT2D eigenvalue weighted by Crippen LogP contribution is -2.51. The second-order valence-corrected chi connectivity index (χ2v) is 7.13. The molecule has 148 valence electrons. The molecule has 9 heteroatoms. The smallest absolute Gasteiger partial charge is 0.269 e. The summed E-state index contributed by atoms with van der Waals surface area (Å²) in [5.74, 6) is 0.998. The number of guanidine groups is 1. The van der Waals surface area contributed by atoms with Crippen molar-refractivity contribution in [1.82, 2.24) is 15.5 Å². The molecule has 0 aliphatic carbocycles. The van der Waals surface area contributed by atoms with Gasteiger partial charge in [-0.25, -0.2) is 0 Å². The van der Waals surface area contributed by atoms with Crippen molar-refractivity contribution >= 4 is 41.5 Å². The summed E-state index contributed by atoms with van der Waals surface area (Å²) in [6, 6.07) is 6.63. The molecule has 0 aromatic heterocycles. The number of nitrogens with zero attached hydrogens (tertiary/aromatic N) is 3. The molecule has 2 aliphatic heterocycles. The number of nitrogens with one attached hydrogen (secondary N) is 2. The Kier molecular flexibility index (Phi) is 7.40. The molecular weight excluding hydrogens is 461 g/mol. The molecule has 1 spiro atoms. The quantitative estimate of drug-likeness (QED) is 0.222. The number of amides is 1. The van der Waals surface area contributed by atoms with Crippen LogP contribution < -0.4 is 10.6 Å². The summed E-state index contributed by atoms with van der Waals surface area (Å²) in [6.45, 7) is 3.23. The first-order chi connectivity index (χ1) is 12.5. The maximum Gasteiger partial charge on any atom is 0.269 e. The van der Waals surface area contributed by atoms with E-state index in [1.807, 2.05) is 0 Å². The van der Waals surface area contributed by atoms with Crippen LogP contribution in [0.1, 0.15) is 24.8 Å². The zero-order chi connectivity index (χ0) is 18.6. The van der Waals surface area contributed by atoms with Crippen molar-refractivity contribution in [3.05, 3.63) is 39.9 Å². The predicted molar refractivity (Wildman–Crippen MR) is 114 cm³/mol. The van der Waals surface area contributed by atoms with Gasteiger partial charge in [0.05, 0.1) is 4.92 Å². The lowest BCUT2D eigenvalue weighted by molar-refractivity contribution is -0.384. The summed E-state index contributed by atoms with van der Waals surface area (Å²) < 4.78 is 0. The Hall–Kier alpha value is -1.91. The average Bonchev–Trinajstić information content (AvgIpc) is 2.99. The number of non-ortho nitro benzene ring substituents is 1. The van der Waals surface area contributed by atoms with E-state index in [4.69, 9.17) is 0 Å². The zero-order valence-corrected chi connectivity index (χ0v) is 17.8. The molecule has 1 aromatic rings. The Labute approximate surface area is 176 Å². The Morgan fingerprint density at radius 3 is 2.74 bits per heavy atom. The van der Waals surface area contributed by atoms with Gasteiger partial charge in [-0.15, -0.1) is 24.0 Å². The van der Waals surface area contributed by atoms with Crippen LogP contribution in [0.15, 0.2) is 29.3 Å². The van der Waals surface area contributed by atoms with E-state index in [1.165, 1.54) is 12.1 Å². The number of halogens is 1. The first-order valence-corrected chi connectivity index (χ1v) is 8.97. The van der Waals surface area contributed by atoms with Crippen LogP contribution in [0.4, 0.5) is 5.69 Å². The summed E-state index contributed by atoms with van der Waals surface area (Å²) >= 11 is 0. The highest BCUT2D eigenvalue weighted by atomic mass is 127. The third-order valence-electron chi connectivity index (χ3n) is 5.21. The van der Waals surface area contributed by atoms with Gasteiger partial charge in [-0.3, -0.25) is 19.9 Å². The van der Waals surface area contributed by atoms with Gasteiger partial charge in [0.15, 0.2) is 5.96 Å². The number of nitro benzene ring substituents is 1. The largest absolute Gasteiger partial charge is 0.356 e. The van der Waals surface area contributed by atoms with E-state index in [2.05, 4.69) is 20.5 Å². The molecule has 2 N–H and O–H groups in total. The lowest BCUT2D eigenvalue weighted by Gasteiger charge is -2.40. The summed E-state index contributed by atoms with van der Waals surface area (Å²) in [5, 5.41) is 17.0. The minimum Gasteiger partial charge on any atom is -0.356 e. The predicted octanol–water partition coefficient (Wildman–Crippen LogP) is 1.93. The standard InChI is InChI=1S/C18H25N5O3.HI/c1-19-17(20-9-7-14-3-5-15(6-4-14)23(25)26)22-10-2-8-18(13-22)11-16(24)21-12-18;/h3-6H,2,7-13H2,1H3,(H,19,20)(H,21,24);1H. The zero-order valence-electron chi connectivity index (χ0n) is 15.4. The van der Waals surface area contributed by atoms with E-state index in [9.17, 15) is 14.9 Å². The number of nitro groups is 1. The minimum absolute atomic E-state index is 0. The van der Waals surface area contributed by atoms with Gasteiger partial charge in [0.25, 0.3) is 5.69 Å². The van der Waals surface area contributed by atoms with Crippen molar-refractivity contribution in [2.45, 2.75) is 25.7 Å². The van der Waals surface area contributed by atoms with Gasteiger partial charge in [-0.2, -0.15) is 0 Å². The normalized spacial score (nSPS) is 22.3. The maximum atomic E-state index is 11.6. The fraction of sp³-hybridized carbons (Fsp3) is 0.556. The number of hydrogen-bond donors (Lipinski definition) is 2. The number of piperidine rings is 1. The number of likely N-dealkylation sites (tertiary alicyclic amines) is 1. The number of rotatable bonds is 4. The SMILES string of the molecule is CN=C(NCCc1ccc([N+](=O)[O-])cc1)N1CCCC2(CNC(=O)C2)C1.I. The highest BCUT2D eigenvalue weighted by Crippen LogP contribution is 2.35. The van der Waals surface area contributed by atoms with Crippen LogP contribution in [0.5, 0.6) is 0 Å². The Bertz CT molecular complexity index is 709. The number of hydrogen-bond acceptors (Lipinski definition) is 4. The second-order valence-electron chi connectivity index (χ2n) is 7.13. The maximum absolute atomic E-state index is 11.6. The van der Waals surface area contributed by atoms with Crippen LogP contribution in [0.3, 0.4) is 0 Å². The molecule has 1 amide bonds. The molecule has 8 nitrogen and oxygen atoms in total. The fourth-order valence-electron chi connectivity index (χ4n) is 3.86. The molecule has 2 aliphatic rings. The van der Waals surface area contributed by atoms with Gasteiger partial charge in [0.1, 0.15) is 0 Å². The molecular formula is C18H26IN5O3. The molecule has 1 atom stereocenters. The second kappa shape index (κ2) is 9.34. The van der Waals surface area contributed by atoms with Crippen LogP contribution in [-0.4, -0.2) is 54.9 Å². The van der Waals surface area contributed by atoms with E-state index in [-0.39, 0.29) is 41.0 Å². The van der Waals surface area contributed by atoms with Crippen LogP contribution in [0.25, 0.3) is 0 Å². The minimum atomic E-state index is -0.390. The van der Waals surface area contributed by atoms with E-state index in [0.717, 1.165) is 50.4 Å². The van der Waals surface area contributed by atoms with Crippen LogP contribution in [0, 0.1) is 15.5 Å². The van der Waals surface area contributed by atoms with Crippen molar-refractivity contribution in [2.75, 3.05) is 33.2 Å². The Morgan fingerprint density at radius 1 is 1.41 bits per heavy atom. The molecule has 1 unspecified atom stereocenters. The highest BCUT2D eigenvalue weighted by Gasteiger charge is 2.42. The van der Waals surface area contributed by atoms with Crippen molar-refractivity contribution in [1.29, 1.82) is 0 Å². The van der Waals surface area contributed by atoms with Crippen molar-refractivity contribution < 1.29 is 9.72 Å². The van der Waals surface area contributed by atoms with Gasteiger partial charge in [-0.1, -0.05) is 12.1 Å². The average molecular weight is 487 g/mol. The highest BCUT2D eigenvalue weighted by molar-refractivity contribution is 14.0. The molecule has 1 aromatic carbocycles. The summed E-state index contributed by atoms with van der Waals surface area (Å²) in [4.78, 5) is 28.6. The first-order valence-electron chi connectivity index (χ1n) is 8.97. The molecule has 3 rings (SSSR count). The fourth-order valence-corrected chi connectivity index (χ4v) is 3.86. The number of benzene rings is 1. The van der Waals surface area contributed by atoms with Gasteiger partial charge < -0.3 is 15.5 Å². The summed E-state index contributed by atoms with van der Waals surface area (Å²) in [6.07, 6.45) is 3.49. The van der Waals surface area contributed by atoms with Gasteiger partial charge in [-0.05, 0) is 24.8 Å². The molecule has 0 bridgehead atoms. The molecule has 2 saturated heterocycles. The third-order valence-corrected chi connectivity index (χ3v) is 5.21. The van der Waals surface area contributed by atoms with Crippen LogP contribution >= 0.6 is 24.0 Å². The first kappa shape index (κ1) is 21.4.